The molecule has 0 saturated carbocycles. The van der Waals surface area contributed by atoms with E-state index in [-0.39, 0.29) is 0 Å². The normalized spacial score (nSPS) is 15.7. The van der Waals surface area contributed by atoms with Crippen LogP contribution in [0.25, 0.3) is 22.7 Å². The molecule has 5 rings (SSSR count). The first-order chi connectivity index (χ1) is 13.3. The first kappa shape index (κ1) is 15.9. The summed E-state index contributed by atoms with van der Waals surface area (Å²) in [6.07, 6.45) is 5.01. The first-order valence-corrected chi connectivity index (χ1v) is 8.74. The maximum absolute atomic E-state index is 5.70. The van der Waals surface area contributed by atoms with Crippen molar-refractivity contribution in [2.45, 2.75) is 6.54 Å². The molecule has 4 aromatic rings. The zero-order valence-corrected chi connectivity index (χ0v) is 14.8. The van der Waals surface area contributed by atoms with Crippen molar-refractivity contribution >= 4 is 16.9 Å². The molecule has 1 aliphatic rings. The Kier molecular flexibility index (Phi) is 3.82. The average Bonchev–Trinajstić information content (AvgIpc) is 3.44. The van der Waals surface area contributed by atoms with Crippen molar-refractivity contribution in [1.29, 1.82) is 0 Å². The number of anilines is 1. The van der Waals surface area contributed by atoms with E-state index >= 15 is 0 Å². The van der Waals surface area contributed by atoms with E-state index in [0.29, 0.717) is 24.1 Å². The maximum atomic E-state index is 5.70. The van der Waals surface area contributed by atoms with E-state index in [1.54, 1.807) is 29.4 Å². The summed E-state index contributed by atoms with van der Waals surface area (Å²) >= 11 is 0. The molecule has 1 saturated heterocycles. The van der Waals surface area contributed by atoms with E-state index in [9.17, 15) is 0 Å². The number of hydrogen-bond acceptors (Lipinski definition) is 9. The molecule has 27 heavy (non-hydrogen) atoms. The molecule has 0 radical (unpaired) electrons. The lowest BCUT2D eigenvalue weighted by molar-refractivity contribution is 0.226. The molecule has 1 aliphatic heterocycles. The van der Waals surface area contributed by atoms with Crippen LogP contribution in [-0.2, 0) is 13.6 Å². The Morgan fingerprint density at radius 3 is 2.81 bits per heavy atom. The third-order valence-corrected chi connectivity index (χ3v) is 4.74. The van der Waals surface area contributed by atoms with Crippen LogP contribution in [0, 0.1) is 0 Å². The number of fused-ring (bicyclic) bond motifs is 1. The zero-order chi connectivity index (χ0) is 18.2. The van der Waals surface area contributed by atoms with E-state index in [1.807, 2.05) is 13.2 Å². The van der Waals surface area contributed by atoms with Crippen LogP contribution in [0.1, 0.15) is 5.89 Å². The highest BCUT2D eigenvalue weighted by molar-refractivity contribution is 5.86. The number of hydrogen-bond donors (Lipinski definition) is 0. The molecule has 10 heteroatoms. The van der Waals surface area contributed by atoms with Crippen molar-refractivity contribution in [2.24, 2.45) is 7.05 Å². The predicted octanol–water partition coefficient (Wildman–Crippen LogP) is 1.33. The summed E-state index contributed by atoms with van der Waals surface area (Å²) in [5.41, 5.74) is 0.846. The van der Waals surface area contributed by atoms with E-state index < -0.39 is 0 Å². The van der Waals surface area contributed by atoms with Gasteiger partial charge in [0.05, 0.1) is 24.4 Å². The van der Waals surface area contributed by atoms with Crippen LogP contribution in [0.4, 0.5) is 5.82 Å². The second kappa shape index (κ2) is 6.47. The van der Waals surface area contributed by atoms with Gasteiger partial charge in [0.2, 0.25) is 5.89 Å². The minimum atomic E-state index is 0.411. The Labute approximate surface area is 154 Å². The van der Waals surface area contributed by atoms with Crippen LogP contribution < -0.4 is 4.90 Å². The Bertz CT molecular complexity index is 1050. The molecule has 0 aromatic carbocycles. The summed E-state index contributed by atoms with van der Waals surface area (Å²) in [5.74, 6) is 2.52. The molecule has 0 atom stereocenters. The lowest BCUT2D eigenvalue weighted by atomic mass is 10.3. The standard InChI is InChI=1S/C17H18N8O2/c1-23-15-12(9-20-23)16(19-11-18-15)25-6-4-24(5-7-25)10-14-21-22-17(27-14)13-3-2-8-26-13/h2-3,8-9,11H,4-7,10H2,1H3. The van der Waals surface area contributed by atoms with E-state index in [1.165, 1.54) is 0 Å². The quantitative estimate of drug-likeness (QED) is 0.529. The number of aryl methyl sites for hydroxylation is 1. The fraction of sp³-hybridized carbons (Fsp3) is 0.353. The van der Waals surface area contributed by atoms with Crippen molar-refractivity contribution in [3.63, 3.8) is 0 Å². The highest BCUT2D eigenvalue weighted by Gasteiger charge is 2.22. The second-order valence-electron chi connectivity index (χ2n) is 6.44. The minimum Gasteiger partial charge on any atom is -0.459 e. The Morgan fingerprint density at radius 2 is 2.00 bits per heavy atom. The number of rotatable bonds is 4. The van der Waals surface area contributed by atoms with Gasteiger partial charge in [-0.3, -0.25) is 9.58 Å². The largest absolute Gasteiger partial charge is 0.459 e. The third kappa shape index (κ3) is 2.93. The Balaban J connectivity index is 1.25. The van der Waals surface area contributed by atoms with Crippen LogP contribution in [0.3, 0.4) is 0 Å². The Morgan fingerprint density at radius 1 is 1.11 bits per heavy atom. The maximum Gasteiger partial charge on any atom is 0.283 e. The number of furan rings is 1. The second-order valence-corrected chi connectivity index (χ2v) is 6.44. The number of piperazine rings is 1. The molecule has 0 bridgehead atoms. The molecular formula is C17H18N8O2. The van der Waals surface area contributed by atoms with Gasteiger partial charge in [0.1, 0.15) is 12.1 Å². The fourth-order valence-corrected chi connectivity index (χ4v) is 3.33. The Hall–Kier alpha value is -3.27. The summed E-state index contributed by atoms with van der Waals surface area (Å²) in [6.45, 7) is 4.10. The van der Waals surface area contributed by atoms with E-state index in [2.05, 4.69) is 35.1 Å². The summed E-state index contributed by atoms with van der Waals surface area (Å²) in [4.78, 5) is 13.3. The van der Waals surface area contributed by atoms with Gasteiger partial charge in [0.25, 0.3) is 5.89 Å². The molecule has 5 heterocycles. The summed E-state index contributed by atoms with van der Waals surface area (Å²) in [5, 5.41) is 13.4. The molecule has 0 N–H and O–H groups in total. The summed E-state index contributed by atoms with van der Waals surface area (Å²) in [7, 11) is 1.89. The molecule has 1 fully saturated rings. The lowest BCUT2D eigenvalue weighted by Gasteiger charge is -2.34. The van der Waals surface area contributed by atoms with Gasteiger partial charge in [-0.1, -0.05) is 0 Å². The van der Waals surface area contributed by atoms with Crippen LogP contribution in [0.15, 0.2) is 39.8 Å². The molecule has 0 unspecified atom stereocenters. The monoisotopic (exact) mass is 366 g/mol. The molecular weight excluding hydrogens is 348 g/mol. The van der Waals surface area contributed by atoms with Gasteiger partial charge in [-0.2, -0.15) is 5.10 Å². The van der Waals surface area contributed by atoms with Gasteiger partial charge >= 0.3 is 0 Å². The lowest BCUT2D eigenvalue weighted by Crippen LogP contribution is -2.46. The summed E-state index contributed by atoms with van der Waals surface area (Å²) in [6, 6.07) is 3.60. The van der Waals surface area contributed by atoms with Gasteiger partial charge < -0.3 is 13.7 Å². The number of aromatic nitrogens is 6. The van der Waals surface area contributed by atoms with Crippen molar-refractivity contribution < 1.29 is 8.83 Å². The van der Waals surface area contributed by atoms with Crippen LogP contribution >= 0.6 is 0 Å². The topological polar surface area (TPSA) is 102 Å². The fourth-order valence-electron chi connectivity index (χ4n) is 3.33. The predicted molar refractivity (Wildman–Crippen MR) is 95.8 cm³/mol. The molecule has 0 amide bonds. The smallest absolute Gasteiger partial charge is 0.283 e. The van der Waals surface area contributed by atoms with Gasteiger partial charge in [0, 0.05) is 33.2 Å². The van der Waals surface area contributed by atoms with Crippen molar-refractivity contribution in [3.05, 3.63) is 36.8 Å². The van der Waals surface area contributed by atoms with Crippen molar-refractivity contribution in [3.8, 4) is 11.7 Å². The van der Waals surface area contributed by atoms with Crippen molar-refractivity contribution in [2.75, 3.05) is 31.1 Å². The average molecular weight is 366 g/mol. The first-order valence-electron chi connectivity index (χ1n) is 8.74. The summed E-state index contributed by atoms with van der Waals surface area (Å²) < 4.78 is 12.8. The van der Waals surface area contributed by atoms with Gasteiger partial charge in [-0.15, -0.1) is 10.2 Å². The molecule has 0 spiro atoms. The highest BCUT2D eigenvalue weighted by atomic mass is 16.4. The number of nitrogens with zero attached hydrogens (tertiary/aromatic N) is 8. The molecule has 4 aromatic heterocycles. The van der Waals surface area contributed by atoms with Crippen LogP contribution in [0.2, 0.25) is 0 Å². The third-order valence-electron chi connectivity index (χ3n) is 4.74. The molecule has 0 aliphatic carbocycles. The van der Waals surface area contributed by atoms with E-state index in [4.69, 9.17) is 8.83 Å². The van der Waals surface area contributed by atoms with Crippen molar-refractivity contribution in [1.82, 2.24) is 34.8 Å². The minimum absolute atomic E-state index is 0.411. The van der Waals surface area contributed by atoms with Gasteiger partial charge in [-0.25, -0.2) is 9.97 Å². The van der Waals surface area contributed by atoms with Gasteiger partial charge in [-0.05, 0) is 12.1 Å². The molecule has 138 valence electrons. The highest BCUT2D eigenvalue weighted by Crippen LogP contribution is 2.24. The molecule has 10 nitrogen and oxygen atoms in total. The van der Waals surface area contributed by atoms with Gasteiger partial charge in [0.15, 0.2) is 11.4 Å². The van der Waals surface area contributed by atoms with Crippen LogP contribution in [0.5, 0.6) is 0 Å². The van der Waals surface area contributed by atoms with Crippen LogP contribution in [-0.4, -0.2) is 61.0 Å². The SMILES string of the molecule is Cn1ncc2c(N3CCN(Cc4nnc(-c5ccco5)o4)CC3)ncnc21. The zero-order valence-electron chi connectivity index (χ0n) is 14.8. The van der Waals surface area contributed by atoms with E-state index in [0.717, 1.165) is 43.0 Å².